The summed E-state index contributed by atoms with van der Waals surface area (Å²) in [6, 6.07) is 2.01. The van der Waals surface area contributed by atoms with Crippen LogP contribution in [0.2, 0.25) is 0 Å². The molecule has 0 aliphatic carbocycles. The Bertz CT molecular complexity index is 716. The van der Waals surface area contributed by atoms with E-state index in [-0.39, 0.29) is 23.7 Å². The summed E-state index contributed by atoms with van der Waals surface area (Å²) in [5.41, 5.74) is 0.941. The number of rotatable bonds is 6. The third-order valence-electron chi connectivity index (χ3n) is 5.71. The summed E-state index contributed by atoms with van der Waals surface area (Å²) in [4.78, 5) is 39.3. The molecule has 8 nitrogen and oxygen atoms in total. The van der Waals surface area contributed by atoms with Gasteiger partial charge in [-0.25, -0.2) is 9.97 Å². The predicted octanol–water partition coefficient (Wildman–Crippen LogP) is 1.23. The van der Waals surface area contributed by atoms with Gasteiger partial charge in [-0.1, -0.05) is 0 Å². The van der Waals surface area contributed by atoms with Crippen LogP contribution in [0, 0.1) is 0 Å². The van der Waals surface area contributed by atoms with Crippen molar-refractivity contribution >= 4 is 17.6 Å². The quantitative estimate of drug-likeness (QED) is 0.728. The number of likely N-dealkylation sites (tertiary alicyclic amines) is 2. The highest BCUT2D eigenvalue weighted by Crippen LogP contribution is 2.32. The Kier molecular flexibility index (Phi) is 6.49. The molecule has 2 saturated heterocycles. The highest BCUT2D eigenvalue weighted by Gasteiger charge is 2.33. The molecule has 3 heterocycles. The molecule has 1 aromatic heterocycles. The van der Waals surface area contributed by atoms with Crippen LogP contribution in [0.4, 0.5) is 5.82 Å². The summed E-state index contributed by atoms with van der Waals surface area (Å²) in [5.74, 6) is 2.33. The number of hydrogen-bond donors (Lipinski definition) is 0. The van der Waals surface area contributed by atoms with Crippen LogP contribution in [-0.2, 0) is 14.3 Å². The summed E-state index contributed by atoms with van der Waals surface area (Å²) in [6.45, 7) is 4.95. The molecule has 0 saturated carbocycles. The molecular formula is C20H31N5O3. The molecule has 3 rings (SSSR count). The Morgan fingerprint density at radius 1 is 1.25 bits per heavy atom. The first-order valence-electron chi connectivity index (χ1n) is 9.97. The average Bonchev–Trinajstić information content (AvgIpc) is 3.06. The Morgan fingerprint density at radius 2 is 1.96 bits per heavy atom. The van der Waals surface area contributed by atoms with Gasteiger partial charge in [0, 0.05) is 78.6 Å². The van der Waals surface area contributed by atoms with Crippen molar-refractivity contribution < 1.29 is 14.3 Å². The fourth-order valence-electron chi connectivity index (χ4n) is 3.93. The maximum atomic E-state index is 12.3. The van der Waals surface area contributed by atoms with Gasteiger partial charge in [0.1, 0.15) is 11.6 Å². The number of ether oxygens (including phenoxy) is 1. The van der Waals surface area contributed by atoms with Crippen LogP contribution in [-0.4, -0.2) is 85.6 Å². The first-order chi connectivity index (χ1) is 13.4. The minimum Gasteiger partial charge on any atom is -0.383 e. The maximum Gasteiger partial charge on any atom is 0.223 e. The Labute approximate surface area is 166 Å². The molecule has 1 atom stereocenters. The number of nitrogens with zero attached hydrogens (tertiary/aromatic N) is 5. The molecule has 0 radical (unpaired) electrons. The molecule has 1 aromatic rings. The average molecular weight is 390 g/mol. The summed E-state index contributed by atoms with van der Waals surface area (Å²) >= 11 is 0. The lowest BCUT2D eigenvalue weighted by Crippen LogP contribution is -2.36. The van der Waals surface area contributed by atoms with Crippen LogP contribution in [0.25, 0.3) is 0 Å². The lowest BCUT2D eigenvalue weighted by atomic mass is 9.95. The van der Waals surface area contributed by atoms with Gasteiger partial charge in [-0.05, 0) is 12.8 Å². The Morgan fingerprint density at radius 3 is 2.57 bits per heavy atom. The van der Waals surface area contributed by atoms with Crippen LogP contribution in [0.15, 0.2) is 6.07 Å². The van der Waals surface area contributed by atoms with Gasteiger partial charge in [-0.3, -0.25) is 9.59 Å². The zero-order chi connectivity index (χ0) is 20.3. The normalized spacial score (nSPS) is 20.7. The zero-order valence-corrected chi connectivity index (χ0v) is 17.3. The molecule has 0 bridgehead atoms. The highest BCUT2D eigenvalue weighted by molar-refractivity contribution is 5.79. The standard InChI is InChI=1S/C20H31N5O3/c1-14(26)24-7-5-15(6-8-24)20-21-17(12-18(22-20)23(2)3)16-11-19(27)25(13-16)9-10-28-4/h12,15-16H,5-11,13H2,1-4H3/t16-/m0/s1. The second-order valence-electron chi connectivity index (χ2n) is 7.92. The molecule has 0 spiro atoms. The van der Waals surface area contributed by atoms with Crippen molar-refractivity contribution in [3.8, 4) is 0 Å². The van der Waals surface area contributed by atoms with Gasteiger partial charge in [0.15, 0.2) is 0 Å². The molecular weight excluding hydrogens is 358 g/mol. The number of carbonyl (C=O) groups excluding carboxylic acids is 2. The van der Waals surface area contributed by atoms with E-state index < -0.39 is 0 Å². The van der Waals surface area contributed by atoms with Crippen molar-refractivity contribution in [2.45, 2.75) is 38.0 Å². The molecule has 8 heteroatoms. The van der Waals surface area contributed by atoms with E-state index in [4.69, 9.17) is 14.7 Å². The van der Waals surface area contributed by atoms with Crippen molar-refractivity contribution in [1.29, 1.82) is 0 Å². The summed E-state index contributed by atoms with van der Waals surface area (Å²) in [6.07, 6.45) is 2.23. The van der Waals surface area contributed by atoms with Gasteiger partial charge in [0.25, 0.3) is 0 Å². The number of aromatic nitrogens is 2. The zero-order valence-electron chi connectivity index (χ0n) is 17.3. The van der Waals surface area contributed by atoms with E-state index in [2.05, 4.69) is 0 Å². The molecule has 0 N–H and O–H groups in total. The second kappa shape index (κ2) is 8.86. The minimum atomic E-state index is 0.0853. The van der Waals surface area contributed by atoms with E-state index in [1.165, 1.54) is 0 Å². The van der Waals surface area contributed by atoms with Crippen molar-refractivity contribution in [3.63, 3.8) is 0 Å². The molecule has 2 fully saturated rings. The monoisotopic (exact) mass is 389 g/mol. The molecule has 2 amide bonds. The third-order valence-corrected chi connectivity index (χ3v) is 5.71. The van der Waals surface area contributed by atoms with Crippen LogP contribution >= 0.6 is 0 Å². The second-order valence-corrected chi connectivity index (χ2v) is 7.92. The van der Waals surface area contributed by atoms with Gasteiger partial charge in [-0.15, -0.1) is 0 Å². The van der Waals surface area contributed by atoms with E-state index in [9.17, 15) is 9.59 Å². The summed E-state index contributed by atoms with van der Waals surface area (Å²) in [5, 5.41) is 0. The molecule has 0 unspecified atom stereocenters. The number of carbonyl (C=O) groups is 2. The van der Waals surface area contributed by atoms with Gasteiger partial charge in [0.2, 0.25) is 11.8 Å². The van der Waals surface area contributed by atoms with Crippen LogP contribution < -0.4 is 4.90 Å². The van der Waals surface area contributed by atoms with Crippen LogP contribution in [0.3, 0.4) is 0 Å². The fourth-order valence-corrected chi connectivity index (χ4v) is 3.93. The lowest BCUT2D eigenvalue weighted by Gasteiger charge is -2.31. The van der Waals surface area contributed by atoms with Gasteiger partial charge in [0.05, 0.1) is 12.3 Å². The number of methoxy groups -OCH3 is 1. The number of amides is 2. The fraction of sp³-hybridized carbons (Fsp3) is 0.700. The maximum absolute atomic E-state index is 12.3. The SMILES string of the molecule is COCCN1C[C@@H](c2cc(N(C)C)nc(C3CCN(C(C)=O)CC3)n2)CC1=O. The molecule has 0 aromatic carbocycles. The largest absolute Gasteiger partial charge is 0.383 e. The highest BCUT2D eigenvalue weighted by atomic mass is 16.5. The van der Waals surface area contributed by atoms with Crippen molar-refractivity contribution in [2.24, 2.45) is 0 Å². The number of anilines is 1. The molecule has 2 aliphatic rings. The number of hydrogen-bond acceptors (Lipinski definition) is 6. The third kappa shape index (κ3) is 4.60. The van der Waals surface area contributed by atoms with E-state index in [0.717, 1.165) is 43.3 Å². The molecule has 2 aliphatic heterocycles. The summed E-state index contributed by atoms with van der Waals surface area (Å²) in [7, 11) is 5.59. The minimum absolute atomic E-state index is 0.0853. The van der Waals surface area contributed by atoms with E-state index in [0.29, 0.717) is 26.1 Å². The van der Waals surface area contributed by atoms with Crippen LogP contribution in [0.5, 0.6) is 0 Å². The van der Waals surface area contributed by atoms with Gasteiger partial charge < -0.3 is 19.4 Å². The van der Waals surface area contributed by atoms with Crippen LogP contribution in [0.1, 0.15) is 49.5 Å². The molecule has 28 heavy (non-hydrogen) atoms. The molecule has 154 valence electrons. The first kappa shape index (κ1) is 20.5. The van der Waals surface area contributed by atoms with E-state index in [1.807, 2.05) is 34.9 Å². The van der Waals surface area contributed by atoms with Gasteiger partial charge >= 0.3 is 0 Å². The first-order valence-corrected chi connectivity index (χ1v) is 9.97. The van der Waals surface area contributed by atoms with E-state index >= 15 is 0 Å². The van der Waals surface area contributed by atoms with Crippen molar-refractivity contribution in [1.82, 2.24) is 19.8 Å². The van der Waals surface area contributed by atoms with Crippen molar-refractivity contribution in [3.05, 3.63) is 17.6 Å². The lowest BCUT2D eigenvalue weighted by molar-refractivity contribution is -0.130. The Hall–Kier alpha value is -2.22. The van der Waals surface area contributed by atoms with Gasteiger partial charge in [-0.2, -0.15) is 0 Å². The van der Waals surface area contributed by atoms with Crippen molar-refractivity contribution in [2.75, 3.05) is 58.9 Å². The van der Waals surface area contributed by atoms with E-state index in [1.54, 1.807) is 14.0 Å². The Balaban J connectivity index is 1.79. The smallest absolute Gasteiger partial charge is 0.223 e. The number of piperidine rings is 1. The topological polar surface area (TPSA) is 78.9 Å². The predicted molar refractivity (Wildman–Crippen MR) is 106 cm³/mol. The summed E-state index contributed by atoms with van der Waals surface area (Å²) < 4.78 is 5.11.